The van der Waals surface area contributed by atoms with Crippen LogP contribution >= 0.6 is 11.6 Å². The average Bonchev–Trinajstić information content (AvgIpc) is 2.61. The molecular formula is C20H23ClN2O4. The molecule has 0 bridgehead atoms. The van der Waals surface area contributed by atoms with E-state index in [0.717, 1.165) is 5.56 Å². The van der Waals surface area contributed by atoms with E-state index in [4.69, 9.17) is 21.1 Å². The van der Waals surface area contributed by atoms with Gasteiger partial charge in [-0.3, -0.25) is 4.79 Å². The fourth-order valence-electron chi connectivity index (χ4n) is 2.35. The molecule has 27 heavy (non-hydrogen) atoms. The number of anilines is 1. The van der Waals surface area contributed by atoms with Gasteiger partial charge >= 0.3 is 5.97 Å². The van der Waals surface area contributed by atoms with Crippen molar-refractivity contribution in [2.75, 3.05) is 11.9 Å². The number of carbonyl (C=O) groups excluding carboxylic acids is 2. The molecule has 1 aromatic heterocycles. The van der Waals surface area contributed by atoms with Gasteiger partial charge in [0.05, 0.1) is 5.69 Å². The second kappa shape index (κ2) is 8.86. The minimum absolute atomic E-state index is 0.128. The highest BCUT2D eigenvalue weighted by Crippen LogP contribution is 2.30. The number of carbonyl (C=O) groups is 2. The first-order valence-corrected chi connectivity index (χ1v) is 8.89. The van der Waals surface area contributed by atoms with Gasteiger partial charge < -0.3 is 14.8 Å². The second-order valence-corrected chi connectivity index (χ2v) is 7.36. The number of ether oxygens (including phenoxy) is 2. The Kier molecular flexibility index (Phi) is 6.80. The Bertz CT molecular complexity index is 818. The van der Waals surface area contributed by atoms with Crippen LogP contribution < -0.4 is 10.1 Å². The molecule has 2 aromatic rings. The molecular weight excluding hydrogens is 368 g/mol. The molecule has 0 saturated carbocycles. The number of para-hydroxylation sites is 1. The number of rotatable bonds is 6. The van der Waals surface area contributed by atoms with Gasteiger partial charge in [0.2, 0.25) is 0 Å². The van der Waals surface area contributed by atoms with E-state index in [9.17, 15) is 9.59 Å². The summed E-state index contributed by atoms with van der Waals surface area (Å²) < 4.78 is 10.7. The van der Waals surface area contributed by atoms with Crippen LogP contribution in [-0.2, 0) is 19.7 Å². The Morgan fingerprint density at radius 2 is 1.89 bits per heavy atom. The molecule has 0 aliphatic rings. The summed E-state index contributed by atoms with van der Waals surface area (Å²) in [6, 6.07) is 10.8. The predicted octanol–water partition coefficient (Wildman–Crippen LogP) is 3.98. The summed E-state index contributed by atoms with van der Waals surface area (Å²) in [5, 5.41) is 2.73. The fraction of sp³-hybridized carbons (Fsp3) is 0.350. The van der Waals surface area contributed by atoms with Crippen LogP contribution in [0.25, 0.3) is 0 Å². The number of halogens is 1. The first kappa shape index (κ1) is 20.7. The van der Waals surface area contributed by atoms with Crippen molar-refractivity contribution in [3.8, 4) is 5.75 Å². The number of nitrogens with one attached hydrogen (secondary N) is 1. The van der Waals surface area contributed by atoms with Crippen LogP contribution in [0, 0.1) is 0 Å². The van der Waals surface area contributed by atoms with Crippen molar-refractivity contribution in [2.24, 2.45) is 0 Å². The van der Waals surface area contributed by atoms with E-state index in [1.54, 1.807) is 18.2 Å². The van der Waals surface area contributed by atoms with Gasteiger partial charge in [0.1, 0.15) is 5.75 Å². The van der Waals surface area contributed by atoms with E-state index in [1.165, 1.54) is 13.1 Å². The molecule has 7 heteroatoms. The SMILES string of the molecule is C[C@@H](OC(=O)COc1ccccc1C(C)(C)C)C(=O)Nc1cccnc1Cl. The lowest BCUT2D eigenvalue weighted by atomic mass is 9.86. The zero-order valence-electron chi connectivity index (χ0n) is 15.8. The van der Waals surface area contributed by atoms with E-state index in [2.05, 4.69) is 31.1 Å². The van der Waals surface area contributed by atoms with E-state index in [0.29, 0.717) is 11.4 Å². The van der Waals surface area contributed by atoms with Gasteiger partial charge in [-0.2, -0.15) is 0 Å². The van der Waals surface area contributed by atoms with Crippen LogP contribution in [0.1, 0.15) is 33.3 Å². The summed E-state index contributed by atoms with van der Waals surface area (Å²) in [6.45, 7) is 7.36. The Balaban J connectivity index is 1.91. The zero-order chi connectivity index (χ0) is 20.0. The number of hydrogen-bond acceptors (Lipinski definition) is 5. The Hall–Kier alpha value is -2.60. The van der Waals surface area contributed by atoms with Crippen LogP contribution in [0.3, 0.4) is 0 Å². The predicted molar refractivity (Wildman–Crippen MR) is 104 cm³/mol. The molecule has 0 aliphatic carbocycles. The summed E-state index contributed by atoms with van der Waals surface area (Å²) in [5.74, 6) is -0.534. The smallest absolute Gasteiger partial charge is 0.344 e. The highest BCUT2D eigenvalue weighted by molar-refractivity contribution is 6.32. The molecule has 0 aliphatic heterocycles. The molecule has 144 valence electrons. The van der Waals surface area contributed by atoms with Gasteiger partial charge in [-0.15, -0.1) is 0 Å². The van der Waals surface area contributed by atoms with Crippen LogP contribution in [0.15, 0.2) is 42.6 Å². The van der Waals surface area contributed by atoms with Crippen molar-refractivity contribution in [2.45, 2.75) is 39.2 Å². The summed E-state index contributed by atoms with van der Waals surface area (Å²) in [4.78, 5) is 28.1. The van der Waals surface area contributed by atoms with Crippen LogP contribution in [-0.4, -0.2) is 29.6 Å². The van der Waals surface area contributed by atoms with Gasteiger partial charge in [0, 0.05) is 6.20 Å². The third-order valence-electron chi connectivity index (χ3n) is 3.74. The number of nitrogens with zero attached hydrogens (tertiary/aromatic N) is 1. The normalized spacial score (nSPS) is 12.2. The van der Waals surface area contributed by atoms with E-state index >= 15 is 0 Å². The van der Waals surface area contributed by atoms with Crippen LogP contribution in [0.5, 0.6) is 5.75 Å². The monoisotopic (exact) mass is 390 g/mol. The van der Waals surface area contributed by atoms with Crippen molar-refractivity contribution in [1.29, 1.82) is 0 Å². The minimum atomic E-state index is -1.00. The molecule has 6 nitrogen and oxygen atoms in total. The van der Waals surface area contributed by atoms with Gasteiger partial charge in [0.15, 0.2) is 17.9 Å². The summed E-state index contributed by atoms with van der Waals surface area (Å²) >= 11 is 5.89. The number of benzene rings is 1. The molecule has 0 fully saturated rings. The van der Waals surface area contributed by atoms with Gasteiger partial charge in [-0.1, -0.05) is 50.6 Å². The number of amides is 1. The quantitative estimate of drug-likeness (QED) is 0.596. The highest BCUT2D eigenvalue weighted by Gasteiger charge is 2.21. The topological polar surface area (TPSA) is 77.5 Å². The number of hydrogen-bond donors (Lipinski definition) is 1. The summed E-state index contributed by atoms with van der Waals surface area (Å²) in [5.41, 5.74) is 1.20. The van der Waals surface area contributed by atoms with E-state index < -0.39 is 18.0 Å². The van der Waals surface area contributed by atoms with E-state index in [-0.39, 0.29) is 17.2 Å². The molecule has 1 atom stereocenters. The summed E-state index contributed by atoms with van der Waals surface area (Å²) in [7, 11) is 0. The van der Waals surface area contributed by atoms with Crippen molar-refractivity contribution in [3.63, 3.8) is 0 Å². The lowest BCUT2D eigenvalue weighted by Crippen LogP contribution is -2.32. The lowest BCUT2D eigenvalue weighted by Gasteiger charge is -2.22. The Morgan fingerprint density at radius 1 is 1.19 bits per heavy atom. The van der Waals surface area contributed by atoms with Gasteiger partial charge in [-0.25, -0.2) is 9.78 Å². The largest absolute Gasteiger partial charge is 0.482 e. The molecule has 0 radical (unpaired) electrons. The Morgan fingerprint density at radius 3 is 2.56 bits per heavy atom. The van der Waals surface area contributed by atoms with Gasteiger partial charge in [-0.05, 0) is 36.1 Å². The summed E-state index contributed by atoms with van der Waals surface area (Å²) in [6.07, 6.45) is 0.504. The standard InChI is InChI=1S/C20H23ClN2O4/c1-13(19(25)23-15-9-7-11-22-18(15)21)27-17(24)12-26-16-10-6-5-8-14(16)20(2,3)4/h5-11,13H,12H2,1-4H3,(H,23,25)/t13-/m1/s1. The third kappa shape index (κ3) is 5.96. The molecule has 2 rings (SSSR count). The minimum Gasteiger partial charge on any atom is -0.482 e. The molecule has 1 aromatic carbocycles. The molecule has 0 unspecified atom stereocenters. The second-order valence-electron chi connectivity index (χ2n) is 7.00. The first-order valence-electron chi connectivity index (χ1n) is 8.51. The Labute approximate surface area is 163 Å². The molecule has 0 saturated heterocycles. The zero-order valence-corrected chi connectivity index (χ0v) is 16.5. The van der Waals surface area contributed by atoms with Crippen LogP contribution in [0.4, 0.5) is 5.69 Å². The fourth-order valence-corrected chi connectivity index (χ4v) is 2.51. The number of pyridine rings is 1. The maximum absolute atomic E-state index is 12.1. The van der Waals surface area contributed by atoms with Crippen molar-refractivity contribution in [1.82, 2.24) is 4.98 Å². The number of aromatic nitrogens is 1. The molecule has 1 N–H and O–H groups in total. The molecule has 1 heterocycles. The van der Waals surface area contributed by atoms with Crippen LogP contribution in [0.2, 0.25) is 5.15 Å². The maximum Gasteiger partial charge on any atom is 0.344 e. The lowest BCUT2D eigenvalue weighted by molar-refractivity contribution is -0.155. The highest BCUT2D eigenvalue weighted by atomic mass is 35.5. The molecule has 1 amide bonds. The van der Waals surface area contributed by atoms with Gasteiger partial charge in [0.25, 0.3) is 5.91 Å². The van der Waals surface area contributed by atoms with Crippen molar-refractivity contribution >= 4 is 29.2 Å². The average molecular weight is 391 g/mol. The maximum atomic E-state index is 12.1. The van der Waals surface area contributed by atoms with Crippen molar-refractivity contribution in [3.05, 3.63) is 53.3 Å². The molecule has 0 spiro atoms. The van der Waals surface area contributed by atoms with Crippen molar-refractivity contribution < 1.29 is 19.1 Å². The number of esters is 1. The third-order valence-corrected chi connectivity index (χ3v) is 4.04. The van der Waals surface area contributed by atoms with E-state index in [1.807, 2.05) is 18.2 Å². The first-order chi connectivity index (χ1) is 12.7.